The number of carbonyl (C=O) groups is 2. The number of hydrogen-bond acceptors (Lipinski definition) is 5. The number of benzene rings is 1. The van der Waals surface area contributed by atoms with Gasteiger partial charge in [0.1, 0.15) is 24.9 Å². The summed E-state index contributed by atoms with van der Waals surface area (Å²) < 4.78 is 8.18. The van der Waals surface area contributed by atoms with Crippen LogP contribution in [0.5, 0.6) is 5.75 Å². The fraction of sp³-hybridized carbons (Fsp3) is 0.412. The summed E-state index contributed by atoms with van der Waals surface area (Å²) in [5.41, 5.74) is 0.635. The molecule has 2 aliphatic rings. The minimum atomic E-state index is -0.203. The molecule has 26 heavy (non-hydrogen) atoms. The maximum absolute atomic E-state index is 12.7. The van der Waals surface area contributed by atoms with Crippen molar-refractivity contribution < 1.29 is 14.3 Å². The number of piperidine rings is 1. The summed E-state index contributed by atoms with van der Waals surface area (Å²) in [5, 5.41) is 4.18. The Morgan fingerprint density at radius 2 is 2.12 bits per heavy atom. The molecule has 136 valence electrons. The van der Waals surface area contributed by atoms with Gasteiger partial charge in [0, 0.05) is 17.6 Å². The zero-order valence-corrected chi connectivity index (χ0v) is 15.6. The van der Waals surface area contributed by atoms with E-state index in [0.29, 0.717) is 24.5 Å². The van der Waals surface area contributed by atoms with Gasteiger partial charge in [0.25, 0.3) is 5.91 Å². The second-order valence-electron chi connectivity index (χ2n) is 6.37. The molecule has 0 unspecified atom stereocenters. The molecule has 0 N–H and O–H groups in total. The first-order chi connectivity index (χ1) is 12.6. The largest absolute Gasteiger partial charge is 0.482 e. The van der Waals surface area contributed by atoms with Crippen molar-refractivity contribution in [3.05, 3.63) is 35.3 Å². The van der Waals surface area contributed by atoms with Crippen LogP contribution in [0.2, 0.25) is 0 Å². The molecular weight excluding hydrogens is 402 g/mol. The van der Waals surface area contributed by atoms with Crippen molar-refractivity contribution in [3.8, 4) is 5.75 Å². The van der Waals surface area contributed by atoms with Gasteiger partial charge in [-0.2, -0.15) is 5.10 Å². The minimum Gasteiger partial charge on any atom is -0.482 e. The van der Waals surface area contributed by atoms with Crippen molar-refractivity contribution in [2.45, 2.75) is 18.9 Å². The van der Waals surface area contributed by atoms with Crippen LogP contribution < -0.4 is 9.64 Å². The van der Waals surface area contributed by atoms with E-state index < -0.39 is 0 Å². The van der Waals surface area contributed by atoms with Gasteiger partial charge < -0.3 is 9.64 Å². The first-order valence-corrected chi connectivity index (χ1v) is 9.26. The Morgan fingerprint density at radius 3 is 2.85 bits per heavy atom. The quantitative estimate of drug-likeness (QED) is 0.754. The van der Waals surface area contributed by atoms with Crippen LogP contribution in [0.15, 0.2) is 35.3 Å². The lowest BCUT2D eigenvalue weighted by Gasteiger charge is -2.34. The molecule has 0 radical (unpaired) electrons. The van der Waals surface area contributed by atoms with Crippen LogP contribution >= 0.6 is 15.9 Å². The number of ether oxygens (including phenoxy) is 1. The fourth-order valence-corrected chi connectivity index (χ4v) is 3.71. The highest BCUT2D eigenvalue weighted by molar-refractivity contribution is 9.10. The smallest absolute Gasteiger partial charge is 0.265 e. The number of hydrogen-bond donors (Lipinski definition) is 0. The van der Waals surface area contributed by atoms with E-state index in [0.717, 1.165) is 17.3 Å². The van der Waals surface area contributed by atoms with Crippen molar-refractivity contribution >= 4 is 33.4 Å². The predicted octanol–water partition coefficient (Wildman–Crippen LogP) is 1.63. The highest BCUT2D eigenvalue weighted by Crippen LogP contribution is 2.34. The van der Waals surface area contributed by atoms with Gasteiger partial charge in [-0.25, -0.2) is 9.67 Å². The Balaban J connectivity index is 1.42. The molecule has 0 spiro atoms. The van der Waals surface area contributed by atoms with Crippen molar-refractivity contribution in [2.75, 3.05) is 31.1 Å². The molecule has 4 rings (SSSR count). The summed E-state index contributed by atoms with van der Waals surface area (Å²) in [5.74, 6) is 0.355. The molecule has 1 aromatic heterocycles. The topological polar surface area (TPSA) is 80.6 Å². The molecule has 3 heterocycles. The number of amides is 2. The molecule has 0 atom stereocenters. The van der Waals surface area contributed by atoms with E-state index >= 15 is 0 Å². The molecule has 9 heteroatoms. The molecule has 2 amide bonds. The minimum absolute atomic E-state index is 0.0326. The average molecular weight is 420 g/mol. The number of likely N-dealkylation sites (tertiary alicyclic amines) is 1. The number of rotatable bonds is 3. The standard InChI is InChI=1S/C17H18BrN5O3/c18-12-1-2-14-15(7-12)26-9-17(25)22(14)8-16(24)21-5-3-13(4-6-21)23-11-19-10-20-23/h1-2,7,10-11,13H,3-6,8-9H2. The van der Waals surface area contributed by atoms with Crippen molar-refractivity contribution in [2.24, 2.45) is 0 Å². The Bertz CT molecular complexity index is 818. The van der Waals surface area contributed by atoms with E-state index in [1.54, 1.807) is 12.4 Å². The summed E-state index contributed by atoms with van der Waals surface area (Å²) in [7, 11) is 0. The van der Waals surface area contributed by atoms with Crippen LogP contribution in [0, 0.1) is 0 Å². The summed E-state index contributed by atoms with van der Waals surface area (Å²) >= 11 is 3.39. The van der Waals surface area contributed by atoms with E-state index in [1.165, 1.54) is 11.2 Å². The molecule has 0 aliphatic carbocycles. The van der Waals surface area contributed by atoms with Crippen molar-refractivity contribution in [3.63, 3.8) is 0 Å². The second kappa shape index (κ2) is 7.06. The third-order valence-corrected chi connectivity index (χ3v) is 5.28. The number of fused-ring (bicyclic) bond motifs is 1. The average Bonchev–Trinajstić information content (AvgIpc) is 3.19. The van der Waals surface area contributed by atoms with Gasteiger partial charge in [-0.1, -0.05) is 15.9 Å². The SMILES string of the molecule is O=C(CN1C(=O)COc2cc(Br)ccc21)N1CCC(n2cncn2)CC1. The van der Waals surface area contributed by atoms with Crippen LogP contribution in [-0.2, 0) is 9.59 Å². The lowest BCUT2D eigenvalue weighted by Crippen LogP contribution is -2.48. The molecule has 8 nitrogen and oxygen atoms in total. The van der Waals surface area contributed by atoms with Crippen molar-refractivity contribution in [1.29, 1.82) is 0 Å². The summed E-state index contributed by atoms with van der Waals surface area (Å²) in [4.78, 5) is 32.3. The van der Waals surface area contributed by atoms with Gasteiger partial charge in [0.2, 0.25) is 5.91 Å². The Morgan fingerprint density at radius 1 is 1.31 bits per heavy atom. The van der Waals surface area contributed by atoms with Gasteiger partial charge >= 0.3 is 0 Å². The summed E-state index contributed by atoms with van der Waals surface area (Å²) in [6.07, 6.45) is 4.90. The van der Waals surface area contributed by atoms with Gasteiger partial charge in [-0.15, -0.1) is 0 Å². The second-order valence-corrected chi connectivity index (χ2v) is 7.28. The van der Waals surface area contributed by atoms with Gasteiger partial charge in [0.15, 0.2) is 6.61 Å². The first-order valence-electron chi connectivity index (χ1n) is 8.46. The van der Waals surface area contributed by atoms with Crippen LogP contribution in [0.4, 0.5) is 5.69 Å². The zero-order chi connectivity index (χ0) is 18.1. The van der Waals surface area contributed by atoms with Gasteiger partial charge in [-0.05, 0) is 31.0 Å². The molecule has 0 saturated carbocycles. The van der Waals surface area contributed by atoms with E-state index in [1.807, 2.05) is 21.7 Å². The number of carbonyl (C=O) groups excluding carboxylic acids is 2. The van der Waals surface area contributed by atoms with Gasteiger partial charge in [-0.3, -0.25) is 14.5 Å². The summed E-state index contributed by atoms with van der Waals surface area (Å²) in [6, 6.07) is 5.70. The van der Waals surface area contributed by atoms with Crippen molar-refractivity contribution in [1.82, 2.24) is 19.7 Å². The molecule has 1 saturated heterocycles. The third kappa shape index (κ3) is 3.31. The molecular formula is C17H18BrN5O3. The van der Waals surface area contributed by atoms with E-state index in [2.05, 4.69) is 26.0 Å². The fourth-order valence-electron chi connectivity index (χ4n) is 3.37. The van der Waals surface area contributed by atoms with Crippen LogP contribution in [0.1, 0.15) is 18.9 Å². The van der Waals surface area contributed by atoms with Gasteiger partial charge in [0.05, 0.1) is 11.7 Å². The Kier molecular flexibility index (Phi) is 4.62. The summed E-state index contributed by atoms with van der Waals surface area (Å²) in [6.45, 7) is 1.28. The molecule has 1 fully saturated rings. The maximum Gasteiger partial charge on any atom is 0.265 e. The van der Waals surface area contributed by atoms with E-state index in [4.69, 9.17) is 4.74 Å². The zero-order valence-electron chi connectivity index (χ0n) is 14.0. The maximum atomic E-state index is 12.7. The van der Waals surface area contributed by atoms with Crippen LogP contribution in [0.25, 0.3) is 0 Å². The lowest BCUT2D eigenvalue weighted by atomic mass is 10.1. The third-order valence-electron chi connectivity index (χ3n) is 4.79. The number of nitrogens with zero attached hydrogens (tertiary/aromatic N) is 5. The number of halogens is 1. The number of aromatic nitrogens is 3. The predicted molar refractivity (Wildman–Crippen MR) is 96.9 cm³/mol. The normalized spacial score (nSPS) is 17.8. The lowest BCUT2D eigenvalue weighted by molar-refractivity contribution is -0.133. The molecule has 0 bridgehead atoms. The Labute approximate surface area is 158 Å². The number of anilines is 1. The highest BCUT2D eigenvalue weighted by Gasteiger charge is 2.30. The van der Waals surface area contributed by atoms with E-state index in [9.17, 15) is 9.59 Å². The van der Waals surface area contributed by atoms with Crippen LogP contribution in [0.3, 0.4) is 0 Å². The molecule has 2 aliphatic heterocycles. The molecule has 1 aromatic carbocycles. The monoisotopic (exact) mass is 419 g/mol. The highest BCUT2D eigenvalue weighted by atomic mass is 79.9. The molecule has 2 aromatic rings. The first kappa shape index (κ1) is 17.0. The Hall–Kier alpha value is -2.42. The van der Waals surface area contributed by atoms with E-state index in [-0.39, 0.29) is 31.0 Å². The van der Waals surface area contributed by atoms with Crippen LogP contribution in [-0.4, -0.2) is 57.7 Å².